The van der Waals surface area contributed by atoms with Crippen molar-refractivity contribution in [3.8, 4) is 6.07 Å². The second-order valence-electron chi connectivity index (χ2n) is 7.81. The molecule has 0 N–H and O–H groups in total. The van der Waals surface area contributed by atoms with Gasteiger partial charge in [-0.15, -0.1) is 0 Å². The zero-order valence-corrected chi connectivity index (χ0v) is 18.4. The van der Waals surface area contributed by atoms with Crippen LogP contribution in [0.15, 0.2) is 9.70 Å². The van der Waals surface area contributed by atoms with E-state index in [0.717, 1.165) is 30.9 Å². The van der Waals surface area contributed by atoms with Gasteiger partial charge >= 0.3 is 0 Å². The summed E-state index contributed by atoms with van der Waals surface area (Å²) < 4.78 is 2.05. The van der Waals surface area contributed by atoms with Crippen LogP contribution in [0.25, 0.3) is 6.08 Å². The van der Waals surface area contributed by atoms with Gasteiger partial charge < -0.3 is 4.90 Å². The van der Waals surface area contributed by atoms with Gasteiger partial charge in [0.1, 0.15) is 21.8 Å². The third-order valence-corrected chi connectivity index (χ3v) is 6.88. The molecule has 0 radical (unpaired) electrons. The molecule has 1 amide bonds. The Labute approximate surface area is 174 Å². The van der Waals surface area contributed by atoms with Gasteiger partial charge in [-0.2, -0.15) is 5.26 Å². The van der Waals surface area contributed by atoms with E-state index in [2.05, 4.69) is 18.7 Å². The number of aromatic nitrogens is 1. The van der Waals surface area contributed by atoms with Crippen LogP contribution in [0.5, 0.6) is 0 Å². The first kappa shape index (κ1) is 20.6. The van der Waals surface area contributed by atoms with E-state index in [4.69, 9.17) is 12.2 Å². The van der Waals surface area contributed by atoms with Gasteiger partial charge in [0, 0.05) is 32.7 Å². The number of hydrogen-bond donors (Lipinski definition) is 0. The highest BCUT2D eigenvalue weighted by molar-refractivity contribution is 8.26. The maximum absolute atomic E-state index is 12.8. The maximum Gasteiger partial charge on any atom is 0.270 e. The van der Waals surface area contributed by atoms with Gasteiger partial charge in [-0.1, -0.05) is 37.8 Å². The monoisotopic (exact) mass is 416 g/mol. The molecular formula is C20H24N4O2S2. The smallest absolute Gasteiger partial charge is 0.270 e. The molecule has 2 saturated heterocycles. The average Bonchev–Trinajstić information content (AvgIpc) is 2.86. The molecule has 8 heteroatoms. The number of pyridine rings is 1. The molecule has 148 valence electrons. The van der Waals surface area contributed by atoms with E-state index in [0.29, 0.717) is 26.6 Å². The summed E-state index contributed by atoms with van der Waals surface area (Å²) in [7, 11) is 3.35. The number of likely N-dealkylation sites (N-methyl/N-ethyl adjacent to an activating group) is 1. The number of carbonyl (C=O) groups excluding carboxylic acids is 1. The highest BCUT2D eigenvalue weighted by Crippen LogP contribution is 2.36. The van der Waals surface area contributed by atoms with Crippen molar-refractivity contribution in [2.75, 3.05) is 25.0 Å². The Morgan fingerprint density at radius 1 is 1.21 bits per heavy atom. The summed E-state index contributed by atoms with van der Waals surface area (Å²) >= 11 is 6.48. The van der Waals surface area contributed by atoms with Crippen LogP contribution >= 0.6 is 24.0 Å². The van der Waals surface area contributed by atoms with Crippen LogP contribution in [0.3, 0.4) is 0 Å². The Morgan fingerprint density at radius 3 is 2.32 bits per heavy atom. The van der Waals surface area contributed by atoms with Gasteiger partial charge in [-0.3, -0.25) is 19.1 Å². The van der Waals surface area contributed by atoms with Crippen LogP contribution < -0.4 is 10.5 Å². The molecule has 3 heterocycles. The second kappa shape index (κ2) is 7.72. The molecule has 0 bridgehead atoms. The zero-order valence-electron chi connectivity index (χ0n) is 16.8. The normalized spacial score (nSPS) is 24.2. The molecule has 28 heavy (non-hydrogen) atoms. The fourth-order valence-electron chi connectivity index (χ4n) is 4.11. The standard InChI is InChI=1S/C20H24N4O2S2/c1-11-6-12(2)10-24(9-11)17-14(7-16-19(26)23(5)20(27)28-16)13(3)15(8-21)18(25)22(17)4/h7,11-12H,6,9-10H2,1-5H3/b16-7+. The van der Waals surface area contributed by atoms with Crippen LogP contribution in [0.2, 0.25) is 0 Å². The van der Waals surface area contributed by atoms with Crippen molar-refractivity contribution in [3.05, 3.63) is 31.9 Å². The highest BCUT2D eigenvalue weighted by atomic mass is 32.2. The number of thioether (sulfide) groups is 1. The minimum atomic E-state index is -0.305. The van der Waals surface area contributed by atoms with Crippen LogP contribution in [0.1, 0.15) is 37.0 Å². The lowest BCUT2D eigenvalue weighted by Crippen LogP contribution is -2.42. The summed E-state index contributed by atoms with van der Waals surface area (Å²) in [6, 6.07) is 2.04. The first-order chi connectivity index (χ1) is 13.1. The minimum Gasteiger partial charge on any atom is -0.357 e. The lowest BCUT2D eigenvalue weighted by Gasteiger charge is -2.38. The number of amides is 1. The largest absolute Gasteiger partial charge is 0.357 e. The van der Waals surface area contributed by atoms with Gasteiger partial charge in [0.25, 0.3) is 11.5 Å². The fourth-order valence-corrected chi connectivity index (χ4v) is 5.27. The molecule has 3 rings (SSSR count). The lowest BCUT2D eigenvalue weighted by atomic mass is 9.91. The number of piperidine rings is 1. The number of rotatable bonds is 2. The molecule has 0 aromatic carbocycles. The number of nitriles is 1. The van der Waals surface area contributed by atoms with E-state index in [9.17, 15) is 14.9 Å². The van der Waals surface area contributed by atoms with Crippen molar-refractivity contribution >= 4 is 46.1 Å². The Hall–Kier alpha value is -2.11. The van der Waals surface area contributed by atoms with Crippen molar-refractivity contribution in [3.63, 3.8) is 0 Å². The molecule has 2 aliphatic rings. The number of anilines is 1. The maximum atomic E-state index is 12.8. The first-order valence-corrected chi connectivity index (χ1v) is 10.5. The number of nitrogens with zero attached hydrogens (tertiary/aromatic N) is 4. The molecule has 2 fully saturated rings. The Bertz CT molecular complexity index is 979. The first-order valence-electron chi connectivity index (χ1n) is 9.25. The van der Waals surface area contributed by atoms with Gasteiger partial charge in [0.15, 0.2) is 0 Å². The summed E-state index contributed by atoms with van der Waals surface area (Å²) in [5.74, 6) is 1.60. The molecule has 2 atom stereocenters. The van der Waals surface area contributed by atoms with Crippen LogP contribution in [-0.4, -0.2) is 39.8 Å². The molecule has 0 aliphatic carbocycles. The summed E-state index contributed by atoms with van der Waals surface area (Å²) in [6.07, 6.45) is 2.93. The lowest BCUT2D eigenvalue weighted by molar-refractivity contribution is -0.121. The molecule has 0 spiro atoms. The van der Waals surface area contributed by atoms with Gasteiger partial charge in [-0.25, -0.2) is 0 Å². The Balaban J connectivity index is 2.24. The van der Waals surface area contributed by atoms with E-state index in [1.165, 1.54) is 16.7 Å². The SMILES string of the molecule is Cc1c(/C=C2/SC(=S)N(C)C2=O)c(N2CC(C)CC(C)C2)n(C)c(=O)c1C#N. The molecule has 2 aliphatic heterocycles. The summed E-state index contributed by atoms with van der Waals surface area (Å²) in [6.45, 7) is 7.86. The van der Waals surface area contributed by atoms with Crippen LogP contribution in [0.4, 0.5) is 5.82 Å². The third-order valence-electron chi connectivity index (χ3n) is 5.40. The molecule has 6 nitrogen and oxygen atoms in total. The van der Waals surface area contributed by atoms with Crippen LogP contribution in [0, 0.1) is 30.1 Å². The van der Waals surface area contributed by atoms with Gasteiger partial charge in [0.05, 0.1) is 4.91 Å². The molecule has 1 aromatic rings. The fraction of sp³-hybridized carbons (Fsp3) is 0.500. The molecule has 0 saturated carbocycles. The molecule has 2 unspecified atom stereocenters. The van der Waals surface area contributed by atoms with E-state index >= 15 is 0 Å². The Morgan fingerprint density at radius 2 is 1.82 bits per heavy atom. The quantitative estimate of drug-likeness (QED) is 0.545. The number of hydrogen-bond acceptors (Lipinski definition) is 6. The topological polar surface area (TPSA) is 69.3 Å². The molecular weight excluding hydrogens is 392 g/mol. The van der Waals surface area contributed by atoms with Crippen molar-refractivity contribution in [2.24, 2.45) is 18.9 Å². The molecule has 1 aromatic heterocycles. The van der Waals surface area contributed by atoms with E-state index in [1.807, 2.05) is 6.07 Å². The number of carbonyl (C=O) groups is 1. The van der Waals surface area contributed by atoms with Crippen molar-refractivity contribution in [2.45, 2.75) is 27.2 Å². The predicted molar refractivity (Wildman–Crippen MR) is 117 cm³/mol. The van der Waals surface area contributed by atoms with Gasteiger partial charge in [0.2, 0.25) is 0 Å². The third kappa shape index (κ3) is 3.49. The number of thiocarbonyl (C=S) groups is 1. The summed E-state index contributed by atoms with van der Waals surface area (Å²) in [5.41, 5.74) is 1.16. The second-order valence-corrected chi connectivity index (χ2v) is 9.48. The average molecular weight is 417 g/mol. The van der Waals surface area contributed by atoms with Gasteiger partial charge in [-0.05, 0) is 36.8 Å². The Kier molecular flexibility index (Phi) is 5.69. The van der Waals surface area contributed by atoms with Crippen molar-refractivity contribution < 1.29 is 4.79 Å². The van der Waals surface area contributed by atoms with Crippen molar-refractivity contribution in [1.29, 1.82) is 5.26 Å². The summed E-state index contributed by atoms with van der Waals surface area (Å²) in [4.78, 5) is 29.5. The minimum absolute atomic E-state index is 0.114. The predicted octanol–water partition coefficient (Wildman–Crippen LogP) is 2.88. The highest BCUT2D eigenvalue weighted by Gasteiger charge is 2.31. The van der Waals surface area contributed by atoms with Crippen LogP contribution in [-0.2, 0) is 11.8 Å². The summed E-state index contributed by atoms with van der Waals surface area (Å²) in [5, 5.41) is 9.53. The van der Waals surface area contributed by atoms with E-state index in [1.54, 1.807) is 31.7 Å². The zero-order chi connectivity index (χ0) is 20.7. The van der Waals surface area contributed by atoms with E-state index in [-0.39, 0.29) is 17.0 Å². The van der Waals surface area contributed by atoms with Crippen molar-refractivity contribution in [1.82, 2.24) is 9.47 Å². The van der Waals surface area contributed by atoms with E-state index < -0.39 is 0 Å².